The second-order valence-corrected chi connectivity index (χ2v) is 6.52. The first kappa shape index (κ1) is 16.0. The topological polar surface area (TPSA) is 29.1 Å². The monoisotopic (exact) mass is 423 g/mol. The summed E-state index contributed by atoms with van der Waals surface area (Å²) >= 11 is 5.66. The van der Waals surface area contributed by atoms with E-state index in [9.17, 15) is 4.79 Å². The molecule has 2 nitrogen and oxygen atoms in total. The SMILES string of the molecule is CCC(CC)(CC)NC(=O)c1cc(I)ccc1Br. The Hall–Kier alpha value is -0.100. The van der Waals surface area contributed by atoms with E-state index >= 15 is 0 Å². The standard InChI is InChI=1S/C14H19BrINO/c1-4-14(5-2,6-3)17-13(18)11-9-10(16)7-8-12(11)15/h7-9H,4-6H2,1-3H3,(H,17,18). The molecule has 0 aliphatic rings. The van der Waals surface area contributed by atoms with Crippen LogP contribution in [0, 0.1) is 3.57 Å². The Morgan fingerprint density at radius 2 is 1.83 bits per heavy atom. The molecule has 0 saturated heterocycles. The van der Waals surface area contributed by atoms with E-state index in [1.54, 1.807) is 0 Å². The molecule has 0 bridgehead atoms. The maximum atomic E-state index is 12.4. The fraction of sp³-hybridized carbons (Fsp3) is 0.500. The lowest BCUT2D eigenvalue weighted by molar-refractivity contribution is 0.0887. The van der Waals surface area contributed by atoms with E-state index in [2.05, 4.69) is 64.6 Å². The van der Waals surface area contributed by atoms with E-state index in [0.717, 1.165) is 27.3 Å². The highest BCUT2D eigenvalue weighted by Crippen LogP contribution is 2.23. The summed E-state index contributed by atoms with van der Waals surface area (Å²) in [4.78, 5) is 12.4. The van der Waals surface area contributed by atoms with Gasteiger partial charge in [-0.15, -0.1) is 0 Å². The molecule has 0 radical (unpaired) electrons. The Kier molecular flexibility index (Phi) is 6.11. The van der Waals surface area contributed by atoms with E-state index in [-0.39, 0.29) is 11.4 Å². The summed E-state index contributed by atoms with van der Waals surface area (Å²) in [5.74, 6) is 0.00550. The highest BCUT2D eigenvalue weighted by Gasteiger charge is 2.26. The van der Waals surface area contributed by atoms with Crippen molar-refractivity contribution in [1.29, 1.82) is 0 Å². The summed E-state index contributed by atoms with van der Waals surface area (Å²) in [5.41, 5.74) is 0.624. The number of halogens is 2. The molecule has 1 rings (SSSR count). The van der Waals surface area contributed by atoms with Crippen molar-refractivity contribution in [2.75, 3.05) is 0 Å². The minimum absolute atomic E-state index is 0.00550. The van der Waals surface area contributed by atoms with Crippen molar-refractivity contribution in [2.24, 2.45) is 0 Å². The number of rotatable bonds is 5. The Labute approximate surface area is 131 Å². The number of nitrogens with one attached hydrogen (secondary N) is 1. The summed E-state index contributed by atoms with van der Waals surface area (Å²) in [5, 5.41) is 3.19. The van der Waals surface area contributed by atoms with Crippen molar-refractivity contribution in [3.63, 3.8) is 0 Å². The third-order valence-electron chi connectivity index (χ3n) is 3.58. The predicted molar refractivity (Wildman–Crippen MR) is 87.9 cm³/mol. The van der Waals surface area contributed by atoms with Crippen LogP contribution in [0.3, 0.4) is 0 Å². The van der Waals surface area contributed by atoms with Gasteiger partial charge < -0.3 is 5.32 Å². The molecule has 4 heteroatoms. The number of carbonyl (C=O) groups excluding carboxylic acids is 1. The Bertz CT molecular complexity index is 422. The summed E-state index contributed by atoms with van der Waals surface area (Å²) < 4.78 is 1.91. The zero-order chi connectivity index (χ0) is 13.8. The number of amides is 1. The molecular weight excluding hydrogens is 405 g/mol. The molecule has 0 spiro atoms. The zero-order valence-corrected chi connectivity index (χ0v) is 14.8. The Morgan fingerprint density at radius 3 is 2.33 bits per heavy atom. The molecule has 100 valence electrons. The quantitative estimate of drug-likeness (QED) is 0.680. The first-order valence-electron chi connectivity index (χ1n) is 6.25. The van der Waals surface area contributed by atoms with Gasteiger partial charge in [0.25, 0.3) is 5.91 Å². The molecule has 0 fully saturated rings. The molecule has 0 heterocycles. The van der Waals surface area contributed by atoms with Gasteiger partial charge in [-0.25, -0.2) is 0 Å². The maximum Gasteiger partial charge on any atom is 0.252 e. The van der Waals surface area contributed by atoms with Crippen LogP contribution < -0.4 is 5.32 Å². The second-order valence-electron chi connectivity index (χ2n) is 4.42. The number of hydrogen-bond donors (Lipinski definition) is 1. The van der Waals surface area contributed by atoms with Crippen molar-refractivity contribution in [3.8, 4) is 0 Å². The first-order chi connectivity index (χ1) is 8.48. The van der Waals surface area contributed by atoms with Crippen molar-refractivity contribution in [1.82, 2.24) is 5.32 Å². The summed E-state index contributed by atoms with van der Waals surface area (Å²) in [6, 6.07) is 5.81. The van der Waals surface area contributed by atoms with Crippen LogP contribution >= 0.6 is 38.5 Å². The lowest BCUT2D eigenvalue weighted by atomic mass is 9.89. The highest BCUT2D eigenvalue weighted by molar-refractivity contribution is 14.1. The van der Waals surface area contributed by atoms with E-state index in [1.165, 1.54) is 0 Å². The molecule has 18 heavy (non-hydrogen) atoms. The van der Waals surface area contributed by atoms with Crippen LogP contribution in [0.15, 0.2) is 22.7 Å². The van der Waals surface area contributed by atoms with Crippen LogP contribution in [0.5, 0.6) is 0 Å². The molecule has 0 unspecified atom stereocenters. The molecule has 0 atom stereocenters. The van der Waals surface area contributed by atoms with Crippen molar-refractivity contribution in [2.45, 2.75) is 45.6 Å². The fourth-order valence-corrected chi connectivity index (χ4v) is 2.91. The molecule has 0 aromatic heterocycles. The van der Waals surface area contributed by atoms with Crippen molar-refractivity contribution < 1.29 is 4.79 Å². The van der Waals surface area contributed by atoms with Crippen LogP contribution in [-0.2, 0) is 0 Å². The van der Waals surface area contributed by atoms with Crippen LogP contribution in [0.25, 0.3) is 0 Å². The van der Waals surface area contributed by atoms with Gasteiger partial charge in [0.2, 0.25) is 0 Å². The zero-order valence-electron chi connectivity index (χ0n) is 11.0. The lowest BCUT2D eigenvalue weighted by Gasteiger charge is -2.32. The highest BCUT2D eigenvalue weighted by atomic mass is 127. The molecule has 1 aromatic rings. The largest absolute Gasteiger partial charge is 0.347 e. The lowest BCUT2D eigenvalue weighted by Crippen LogP contribution is -2.47. The molecule has 0 saturated carbocycles. The van der Waals surface area contributed by atoms with Crippen LogP contribution in [0.2, 0.25) is 0 Å². The molecule has 0 aliphatic heterocycles. The predicted octanol–water partition coefficient (Wildman–Crippen LogP) is 4.75. The molecule has 1 N–H and O–H groups in total. The van der Waals surface area contributed by atoms with Gasteiger partial charge in [-0.1, -0.05) is 20.8 Å². The van der Waals surface area contributed by atoms with E-state index < -0.39 is 0 Å². The first-order valence-corrected chi connectivity index (χ1v) is 8.12. The fourth-order valence-electron chi connectivity index (χ4n) is 1.99. The van der Waals surface area contributed by atoms with Gasteiger partial charge in [-0.2, -0.15) is 0 Å². The van der Waals surface area contributed by atoms with Gasteiger partial charge in [0.15, 0.2) is 0 Å². The second kappa shape index (κ2) is 6.89. The molecule has 1 amide bonds. The number of benzene rings is 1. The van der Waals surface area contributed by atoms with Crippen LogP contribution in [0.1, 0.15) is 50.4 Å². The van der Waals surface area contributed by atoms with Gasteiger partial charge >= 0.3 is 0 Å². The third kappa shape index (κ3) is 3.70. The molecule has 1 aromatic carbocycles. The minimum Gasteiger partial charge on any atom is -0.347 e. The third-order valence-corrected chi connectivity index (χ3v) is 4.94. The summed E-state index contributed by atoms with van der Waals surface area (Å²) in [6.45, 7) is 6.37. The number of carbonyl (C=O) groups is 1. The van der Waals surface area contributed by atoms with E-state index in [0.29, 0.717) is 5.56 Å². The maximum absolute atomic E-state index is 12.4. The van der Waals surface area contributed by atoms with Gasteiger partial charge in [-0.05, 0) is 76.0 Å². The smallest absolute Gasteiger partial charge is 0.252 e. The summed E-state index contributed by atoms with van der Waals surface area (Å²) in [6.07, 6.45) is 2.86. The van der Waals surface area contributed by atoms with E-state index in [1.807, 2.05) is 18.2 Å². The van der Waals surface area contributed by atoms with Gasteiger partial charge in [-0.3, -0.25) is 4.79 Å². The molecular formula is C14H19BrINO. The summed E-state index contributed by atoms with van der Waals surface area (Å²) in [7, 11) is 0. The molecule has 0 aliphatic carbocycles. The van der Waals surface area contributed by atoms with Crippen molar-refractivity contribution >= 4 is 44.4 Å². The number of hydrogen-bond acceptors (Lipinski definition) is 1. The Morgan fingerprint density at radius 1 is 1.28 bits per heavy atom. The average Bonchev–Trinajstić information content (AvgIpc) is 2.38. The average molecular weight is 424 g/mol. The minimum atomic E-state index is -0.0855. The Balaban J connectivity index is 2.97. The normalized spacial score (nSPS) is 11.4. The van der Waals surface area contributed by atoms with Gasteiger partial charge in [0.05, 0.1) is 5.56 Å². The van der Waals surface area contributed by atoms with E-state index in [4.69, 9.17) is 0 Å². The van der Waals surface area contributed by atoms with Gasteiger partial charge in [0.1, 0.15) is 0 Å². The van der Waals surface area contributed by atoms with Crippen LogP contribution in [-0.4, -0.2) is 11.4 Å². The van der Waals surface area contributed by atoms with Crippen LogP contribution in [0.4, 0.5) is 0 Å². The van der Waals surface area contributed by atoms with Crippen molar-refractivity contribution in [3.05, 3.63) is 31.8 Å². The van der Waals surface area contributed by atoms with Gasteiger partial charge in [0, 0.05) is 13.6 Å².